The summed E-state index contributed by atoms with van der Waals surface area (Å²) >= 11 is 0. The predicted octanol–water partition coefficient (Wildman–Crippen LogP) is 1.66. The maximum absolute atomic E-state index is 4.48. The van der Waals surface area contributed by atoms with Gasteiger partial charge in [0.1, 0.15) is 11.6 Å². The first-order chi connectivity index (χ1) is 10.1. The zero-order valence-corrected chi connectivity index (χ0v) is 13.0. The Hall–Kier alpha value is -1.82. The van der Waals surface area contributed by atoms with E-state index in [1.165, 1.54) is 12.8 Å². The van der Waals surface area contributed by atoms with E-state index in [4.69, 9.17) is 0 Å². The summed E-state index contributed by atoms with van der Waals surface area (Å²) in [6.45, 7) is 8.82. The third-order valence-corrected chi connectivity index (χ3v) is 4.04. The first kappa shape index (κ1) is 14.1. The SMILES string of the molecule is Cc1cnc(CN2CCC[C@@H]2Cn2nc(C)nc2C)cn1. The van der Waals surface area contributed by atoms with Crippen LogP contribution in [0.5, 0.6) is 0 Å². The summed E-state index contributed by atoms with van der Waals surface area (Å²) in [5.41, 5.74) is 2.00. The fraction of sp³-hybridized carbons (Fsp3) is 0.600. The number of rotatable bonds is 4. The average Bonchev–Trinajstić information content (AvgIpc) is 3.00. The second-order valence-corrected chi connectivity index (χ2v) is 5.80. The van der Waals surface area contributed by atoms with E-state index < -0.39 is 0 Å². The van der Waals surface area contributed by atoms with Crippen LogP contribution < -0.4 is 0 Å². The lowest BCUT2D eigenvalue weighted by molar-refractivity contribution is 0.215. The van der Waals surface area contributed by atoms with Crippen LogP contribution in [0.4, 0.5) is 0 Å². The lowest BCUT2D eigenvalue weighted by atomic mass is 10.2. The Kier molecular flexibility index (Phi) is 3.96. The Morgan fingerprint density at radius 2 is 2.05 bits per heavy atom. The van der Waals surface area contributed by atoms with Crippen LogP contribution in [0, 0.1) is 20.8 Å². The van der Waals surface area contributed by atoms with Crippen LogP contribution in [-0.4, -0.2) is 42.2 Å². The van der Waals surface area contributed by atoms with Gasteiger partial charge in [0.15, 0.2) is 0 Å². The molecule has 0 unspecified atom stereocenters. The largest absolute Gasteiger partial charge is 0.293 e. The topological polar surface area (TPSA) is 59.7 Å². The highest BCUT2D eigenvalue weighted by molar-refractivity contribution is 5.01. The van der Waals surface area contributed by atoms with Crippen molar-refractivity contribution in [3.8, 4) is 0 Å². The van der Waals surface area contributed by atoms with E-state index >= 15 is 0 Å². The van der Waals surface area contributed by atoms with Crippen molar-refractivity contribution in [1.29, 1.82) is 0 Å². The zero-order chi connectivity index (χ0) is 14.8. The molecule has 1 atom stereocenters. The van der Waals surface area contributed by atoms with Gasteiger partial charge in [0.05, 0.1) is 17.9 Å². The molecule has 3 heterocycles. The van der Waals surface area contributed by atoms with Crippen molar-refractivity contribution in [2.24, 2.45) is 0 Å². The lowest BCUT2D eigenvalue weighted by Gasteiger charge is -2.24. The number of hydrogen-bond donors (Lipinski definition) is 0. The van der Waals surface area contributed by atoms with Crippen LogP contribution in [-0.2, 0) is 13.1 Å². The van der Waals surface area contributed by atoms with Gasteiger partial charge in [0, 0.05) is 25.0 Å². The fourth-order valence-electron chi connectivity index (χ4n) is 2.95. The van der Waals surface area contributed by atoms with E-state index in [9.17, 15) is 0 Å². The van der Waals surface area contributed by atoms with E-state index in [1.54, 1.807) is 0 Å². The minimum absolute atomic E-state index is 0.507. The number of aryl methyl sites for hydroxylation is 3. The predicted molar refractivity (Wildman–Crippen MR) is 79.7 cm³/mol. The molecule has 1 aliphatic rings. The zero-order valence-electron chi connectivity index (χ0n) is 13.0. The molecular weight excluding hydrogens is 264 g/mol. The molecule has 0 spiro atoms. The van der Waals surface area contributed by atoms with Crippen molar-refractivity contribution >= 4 is 0 Å². The highest BCUT2D eigenvalue weighted by atomic mass is 15.4. The van der Waals surface area contributed by atoms with Crippen molar-refractivity contribution < 1.29 is 0 Å². The Morgan fingerprint density at radius 1 is 1.19 bits per heavy atom. The molecule has 2 aromatic heterocycles. The quantitative estimate of drug-likeness (QED) is 0.855. The molecule has 1 saturated heterocycles. The molecule has 6 heteroatoms. The molecule has 0 saturated carbocycles. The van der Waals surface area contributed by atoms with Crippen LogP contribution in [0.15, 0.2) is 12.4 Å². The van der Waals surface area contributed by atoms with Gasteiger partial charge in [-0.25, -0.2) is 9.67 Å². The molecule has 6 nitrogen and oxygen atoms in total. The molecule has 0 bridgehead atoms. The minimum Gasteiger partial charge on any atom is -0.293 e. The Morgan fingerprint density at radius 3 is 2.71 bits per heavy atom. The van der Waals surface area contributed by atoms with Crippen molar-refractivity contribution in [2.75, 3.05) is 6.54 Å². The summed E-state index contributed by atoms with van der Waals surface area (Å²) < 4.78 is 2.03. The second kappa shape index (κ2) is 5.89. The molecule has 0 amide bonds. The third kappa shape index (κ3) is 3.26. The molecule has 2 aromatic rings. The summed E-state index contributed by atoms with van der Waals surface area (Å²) in [6.07, 6.45) is 6.16. The monoisotopic (exact) mass is 286 g/mol. The second-order valence-electron chi connectivity index (χ2n) is 5.80. The maximum Gasteiger partial charge on any atom is 0.147 e. The summed E-state index contributed by atoms with van der Waals surface area (Å²) in [4.78, 5) is 15.7. The summed E-state index contributed by atoms with van der Waals surface area (Å²) in [6, 6.07) is 0.507. The molecule has 0 N–H and O–H groups in total. The summed E-state index contributed by atoms with van der Waals surface area (Å²) in [5.74, 6) is 1.84. The van der Waals surface area contributed by atoms with Crippen molar-refractivity contribution in [1.82, 2.24) is 29.6 Å². The van der Waals surface area contributed by atoms with Gasteiger partial charge in [0.25, 0.3) is 0 Å². The van der Waals surface area contributed by atoms with Gasteiger partial charge in [0.2, 0.25) is 0 Å². The highest BCUT2D eigenvalue weighted by Crippen LogP contribution is 2.21. The Labute approximate surface area is 125 Å². The molecular formula is C15H22N6. The number of nitrogens with zero attached hydrogens (tertiary/aromatic N) is 6. The summed E-state index contributed by atoms with van der Waals surface area (Å²) in [7, 11) is 0. The van der Waals surface area contributed by atoms with E-state index in [1.807, 2.05) is 37.8 Å². The van der Waals surface area contributed by atoms with Crippen molar-refractivity contribution in [3.05, 3.63) is 35.4 Å². The van der Waals surface area contributed by atoms with Crippen LogP contribution in [0.1, 0.15) is 35.9 Å². The smallest absolute Gasteiger partial charge is 0.147 e. The Balaban J connectivity index is 1.67. The number of likely N-dealkylation sites (tertiary alicyclic amines) is 1. The van der Waals surface area contributed by atoms with E-state index in [0.29, 0.717) is 6.04 Å². The molecule has 112 valence electrons. The minimum atomic E-state index is 0.507. The number of aromatic nitrogens is 5. The van der Waals surface area contributed by atoms with Gasteiger partial charge < -0.3 is 0 Å². The van der Waals surface area contributed by atoms with E-state index in [-0.39, 0.29) is 0 Å². The van der Waals surface area contributed by atoms with E-state index in [0.717, 1.165) is 42.7 Å². The normalized spacial score (nSPS) is 19.3. The van der Waals surface area contributed by atoms with Gasteiger partial charge in [-0.1, -0.05) is 0 Å². The van der Waals surface area contributed by atoms with E-state index in [2.05, 4.69) is 25.0 Å². The average molecular weight is 286 g/mol. The molecule has 3 rings (SSSR count). The molecule has 0 radical (unpaired) electrons. The number of hydrogen-bond acceptors (Lipinski definition) is 5. The first-order valence-corrected chi connectivity index (χ1v) is 7.51. The van der Waals surface area contributed by atoms with Crippen LogP contribution >= 0.6 is 0 Å². The van der Waals surface area contributed by atoms with Crippen LogP contribution in [0.3, 0.4) is 0 Å². The standard InChI is InChI=1S/C15H22N6/c1-11-7-17-14(8-16-11)9-20-6-4-5-15(20)10-21-13(3)18-12(2)19-21/h7-8,15H,4-6,9-10H2,1-3H3/t15-/m1/s1. The molecule has 1 aliphatic heterocycles. The lowest BCUT2D eigenvalue weighted by Crippen LogP contribution is -2.33. The fourth-order valence-corrected chi connectivity index (χ4v) is 2.95. The molecule has 1 fully saturated rings. The van der Waals surface area contributed by atoms with Gasteiger partial charge >= 0.3 is 0 Å². The maximum atomic E-state index is 4.48. The van der Waals surface area contributed by atoms with Gasteiger partial charge in [-0.3, -0.25) is 14.9 Å². The van der Waals surface area contributed by atoms with Gasteiger partial charge in [-0.05, 0) is 40.2 Å². The van der Waals surface area contributed by atoms with Crippen molar-refractivity contribution in [3.63, 3.8) is 0 Å². The molecule has 0 aromatic carbocycles. The highest BCUT2D eigenvalue weighted by Gasteiger charge is 2.26. The Bertz CT molecular complexity index is 603. The van der Waals surface area contributed by atoms with Crippen molar-refractivity contribution in [2.45, 2.75) is 52.7 Å². The van der Waals surface area contributed by atoms with Gasteiger partial charge in [-0.15, -0.1) is 0 Å². The van der Waals surface area contributed by atoms with Crippen LogP contribution in [0.25, 0.3) is 0 Å². The first-order valence-electron chi connectivity index (χ1n) is 7.51. The summed E-state index contributed by atoms with van der Waals surface area (Å²) in [5, 5.41) is 4.48. The third-order valence-electron chi connectivity index (χ3n) is 4.04. The van der Waals surface area contributed by atoms with Gasteiger partial charge in [-0.2, -0.15) is 5.10 Å². The van der Waals surface area contributed by atoms with Crippen LogP contribution in [0.2, 0.25) is 0 Å². The molecule has 0 aliphatic carbocycles. The molecule has 21 heavy (non-hydrogen) atoms.